The van der Waals surface area contributed by atoms with E-state index in [-0.39, 0.29) is 5.41 Å². The largest absolute Gasteiger partial charge is 0.372 e. The summed E-state index contributed by atoms with van der Waals surface area (Å²) in [4.78, 5) is 2.39. The van der Waals surface area contributed by atoms with Gasteiger partial charge in [0.2, 0.25) is 0 Å². The summed E-state index contributed by atoms with van der Waals surface area (Å²) in [6, 6.07) is 40.0. The fourth-order valence-corrected chi connectivity index (χ4v) is 4.69. The summed E-state index contributed by atoms with van der Waals surface area (Å²) >= 11 is 0. The highest BCUT2D eigenvalue weighted by Gasteiger charge is 2.38. The van der Waals surface area contributed by atoms with Crippen LogP contribution in [-0.2, 0) is 5.41 Å². The maximum absolute atomic E-state index is 2.39. The maximum Gasteiger partial charge on any atom is 0.0701 e. The molecule has 4 aromatic rings. The third-order valence-corrected chi connectivity index (χ3v) is 6.33. The van der Waals surface area contributed by atoms with E-state index in [0.717, 1.165) is 13.1 Å². The zero-order valence-electron chi connectivity index (χ0n) is 18.8. The van der Waals surface area contributed by atoms with Gasteiger partial charge < -0.3 is 4.90 Å². The first kappa shape index (κ1) is 20.9. The second kappa shape index (κ2) is 9.22. The van der Waals surface area contributed by atoms with Gasteiger partial charge >= 0.3 is 0 Å². The number of nitrogens with zero attached hydrogens (tertiary/aromatic N) is 1. The molecule has 0 spiro atoms. The molecule has 0 saturated heterocycles. The van der Waals surface area contributed by atoms with Crippen molar-refractivity contribution in [1.29, 1.82) is 0 Å². The van der Waals surface area contributed by atoms with E-state index in [2.05, 4.69) is 135 Å². The van der Waals surface area contributed by atoms with Gasteiger partial charge in [0.1, 0.15) is 0 Å². The van der Waals surface area contributed by atoms with Crippen molar-refractivity contribution in [1.82, 2.24) is 0 Å². The van der Waals surface area contributed by atoms with Crippen LogP contribution in [0.3, 0.4) is 0 Å². The number of hydrogen-bond donors (Lipinski definition) is 0. The summed E-state index contributed by atoms with van der Waals surface area (Å²) in [7, 11) is 0. The van der Waals surface area contributed by atoms with E-state index >= 15 is 0 Å². The summed E-state index contributed by atoms with van der Waals surface area (Å²) in [5.41, 5.74) is 7.29. The van der Waals surface area contributed by atoms with Crippen molar-refractivity contribution in [2.24, 2.45) is 0 Å². The Morgan fingerprint density at radius 2 is 0.903 bits per heavy atom. The van der Waals surface area contributed by atoms with E-state index < -0.39 is 0 Å². The molecule has 0 bridgehead atoms. The van der Waals surface area contributed by atoms with Gasteiger partial charge in [0.05, 0.1) is 5.41 Å². The number of hydrogen-bond acceptors (Lipinski definition) is 1. The van der Waals surface area contributed by atoms with E-state index in [1.807, 2.05) is 0 Å². The number of rotatable bonds is 7. The lowest BCUT2D eigenvalue weighted by atomic mass is 9.65. The van der Waals surface area contributed by atoms with Crippen LogP contribution in [0, 0.1) is 6.92 Å². The fraction of sp³-hybridized carbons (Fsp3) is 0.200. The van der Waals surface area contributed by atoms with Crippen LogP contribution < -0.4 is 4.90 Å². The third kappa shape index (κ3) is 3.88. The standard InChI is InChI=1S/C30H31N/c1-4-31(5-2)29-22-20-28(21-23-29)30(25-12-8-6-9-13-25,26-14-10-7-11-15-26)27-18-16-24(3)17-19-27/h6-23H,4-5H2,1-3H3. The molecule has 0 amide bonds. The highest BCUT2D eigenvalue weighted by atomic mass is 15.1. The van der Waals surface area contributed by atoms with Crippen molar-refractivity contribution in [3.05, 3.63) is 137 Å². The molecule has 1 heteroatoms. The van der Waals surface area contributed by atoms with Gasteiger partial charge in [0.15, 0.2) is 0 Å². The Morgan fingerprint density at radius 3 is 1.32 bits per heavy atom. The molecule has 1 nitrogen and oxygen atoms in total. The minimum Gasteiger partial charge on any atom is -0.372 e. The van der Waals surface area contributed by atoms with Gasteiger partial charge in [-0.15, -0.1) is 0 Å². The van der Waals surface area contributed by atoms with Crippen molar-refractivity contribution < 1.29 is 0 Å². The molecule has 0 N–H and O–H groups in total. The predicted octanol–water partition coefficient (Wildman–Crippen LogP) is 7.22. The van der Waals surface area contributed by atoms with Crippen molar-refractivity contribution in [3.63, 3.8) is 0 Å². The predicted molar refractivity (Wildman–Crippen MR) is 133 cm³/mol. The Bertz CT molecular complexity index is 1040. The second-order valence-corrected chi connectivity index (χ2v) is 8.07. The summed E-state index contributed by atoms with van der Waals surface area (Å²) in [5, 5.41) is 0. The highest BCUT2D eigenvalue weighted by Crippen LogP contribution is 2.45. The monoisotopic (exact) mass is 405 g/mol. The van der Waals surface area contributed by atoms with Crippen LogP contribution >= 0.6 is 0 Å². The molecule has 31 heavy (non-hydrogen) atoms. The van der Waals surface area contributed by atoms with Gasteiger partial charge in [-0.05, 0) is 55.2 Å². The Kier molecular flexibility index (Phi) is 6.23. The first-order chi connectivity index (χ1) is 15.2. The zero-order valence-corrected chi connectivity index (χ0v) is 18.8. The van der Waals surface area contributed by atoms with Crippen LogP contribution in [0.4, 0.5) is 5.69 Å². The Labute approximate surface area is 187 Å². The quantitative estimate of drug-likeness (QED) is 0.293. The number of aryl methyl sites for hydroxylation is 1. The van der Waals surface area contributed by atoms with Gasteiger partial charge in [0.25, 0.3) is 0 Å². The lowest BCUT2D eigenvalue weighted by Crippen LogP contribution is -2.31. The molecule has 0 unspecified atom stereocenters. The smallest absolute Gasteiger partial charge is 0.0701 e. The minimum atomic E-state index is -0.377. The first-order valence-electron chi connectivity index (χ1n) is 11.2. The van der Waals surface area contributed by atoms with Gasteiger partial charge in [-0.25, -0.2) is 0 Å². The maximum atomic E-state index is 2.39. The molecule has 4 rings (SSSR count). The van der Waals surface area contributed by atoms with Crippen molar-refractivity contribution in [2.45, 2.75) is 26.2 Å². The van der Waals surface area contributed by atoms with E-state index in [4.69, 9.17) is 0 Å². The fourth-order valence-electron chi connectivity index (χ4n) is 4.69. The van der Waals surface area contributed by atoms with Crippen LogP contribution in [0.2, 0.25) is 0 Å². The molecule has 0 aliphatic rings. The van der Waals surface area contributed by atoms with Gasteiger partial charge in [0, 0.05) is 18.8 Å². The van der Waals surface area contributed by atoms with Gasteiger partial charge in [-0.2, -0.15) is 0 Å². The van der Waals surface area contributed by atoms with Crippen LogP contribution in [0.1, 0.15) is 41.7 Å². The average Bonchev–Trinajstić information content (AvgIpc) is 2.84. The van der Waals surface area contributed by atoms with E-state index in [1.165, 1.54) is 33.5 Å². The molecule has 0 saturated carbocycles. The van der Waals surface area contributed by atoms with Gasteiger partial charge in [-0.1, -0.05) is 103 Å². The van der Waals surface area contributed by atoms with E-state index in [0.29, 0.717) is 0 Å². The van der Waals surface area contributed by atoms with Crippen LogP contribution in [0.15, 0.2) is 109 Å². The summed E-state index contributed by atoms with van der Waals surface area (Å²) in [6.45, 7) is 8.59. The molecule has 0 heterocycles. The van der Waals surface area contributed by atoms with Gasteiger partial charge in [-0.3, -0.25) is 0 Å². The molecular weight excluding hydrogens is 374 g/mol. The zero-order chi connectivity index (χ0) is 21.7. The molecule has 156 valence electrons. The second-order valence-electron chi connectivity index (χ2n) is 8.07. The Morgan fingerprint density at radius 1 is 0.516 bits per heavy atom. The lowest BCUT2D eigenvalue weighted by Gasteiger charge is -2.37. The number of anilines is 1. The van der Waals surface area contributed by atoms with Crippen LogP contribution in [0.25, 0.3) is 0 Å². The SMILES string of the molecule is CCN(CC)c1ccc(C(c2ccccc2)(c2ccccc2)c2ccc(C)cc2)cc1. The molecule has 0 radical (unpaired) electrons. The molecule has 0 aliphatic carbocycles. The molecule has 0 atom stereocenters. The molecule has 0 aliphatic heterocycles. The van der Waals surface area contributed by atoms with Crippen molar-refractivity contribution in [3.8, 4) is 0 Å². The normalized spacial score (nSPS) is 11.3. The van der Waals surface area contributed by atoms with E-state index in [9.17, 15) is 0 Å². The minimum absolute atomic E-state index is 0.377. The Hall–Kier alpha value is -3.32. The number of benzene rings is 4. The lowest BCUT2D eigenvalue weighted by molar-refractivity contribution is 0.744. The third-order valence-electron chi connectivity index (χ3n) is 6.33. The highest BCUT2D eigenvalue weighted by molar-refractivity contribution is 5.61. The van der Waals surface area contributed by atoms with Crippen molar-refractivity contribution >= 4 is 5.69 Å². The molecule has 0 aromatic heterocycles. The molecule has 4 aromatic carbocycles. The van der Waals surface area contributed by atoms with Crippen LogP contribution in [0.5, 0.6) is 0 Å². The summed E-state index contributed by atoms with van der Waals surface area (Å²) < 4.78 is 0. The first-order valence-corrected chi connectivity index (χ1v) is 11.2. The van der Waals surface area contributed by atoms with Crippen LogP contribution in [-0.4, -0.2) is 13.1 Å². The molecular formula is C30H31N. The summed E-state index contributed by atoms with van der Waals surface area (Å²) in [6.07, 6.45) is 0. The Balaban J connectivity index is 2.01. The van der Waals surface area contributed by atoms with E-state index in [1.54, 1.807) is 0 Å². The van der Waals surface area contributed by atoms with Crippen molar-refractivity contribution in [2.75, 3.05) is 18.0 Å². The topological polar surface area (TPSA) is 3.24 Å². The average molecular weight is 406 g/mol. The summed E-state index contributed by atoms with van der Waals surface area (Å²) in [5.74, 6) is 0. The molecule has 0 fully saturated rings.